The first-order valence-corrected chi connectivity index (χ1v) is 7.66. The molecule has 0 bridgehead atoms. The smallest absolute Gasteiger partial charge is 0.253 e. The molecule has 0 saturated heterocycles. The third-order valence-corrected chi connectivity index (χ3v) is 4.33. The number of amides is 1. The van der Waals surface area contributed by atoms with Crippen LogP contribution in [0.4, 0.5) is 10.1 Å². The fourth-order valence-electron chi connectivity index (χ4n) is 2.57. The Morgan fingerprint density at radius 2 is 2.14 bits per heavy atom. The van der Waals surface area contributed by atoms with Gasteiger partial charge in [0.1, 0.15) is 11.6 Å². The minimum Gasteiger partial charge on any atom is -0.508 e. The van der Waals surface area contributed by atoms with Crippen molar-refractivity contribution in [2.45, 2.75) is 12.5 Å². The number of hydrogen-bond donors (Lipinski definition) is 3. The molecule has 0 spiro atoms. The van der Waals surface area contributed by atoms with Gasteiger partial charge in [-0.1, -0.05) is 6.07 Å². The van der Waals surface area contributed by atoms with Crippen molar-refractivity contribution < 1.29 is 14.3 Å². The van der Waals surface area contributed by atoms with Gasteiger partial charge in [0.15, 0.2) is 0 Å². The van der Waals surface area contributed by atoms with E-state index in [1.165, 1.54) is 24.3 Å². The zero-order chi connectivity index (χ0) is 15.7. The lowest BCUT2D eigenvalue weighted by atomic mass is 9.97. The Morgan fingerprint density at radius 1 is 1.32 bits per heavy atom. The van der Waals surface area contributed by atoms with Crippen LogP contribution in [0.1, 0.15) is 28.4 Å². The molecule has 6 heteroatoms. The number of phenolic OH excluding ortho intramolecular Hbond substituents is 1. The summed E-state index contributed by atoms with van der Waals surface area (Å²) in [6.07, 6.45) is 0.709. The van der Waals surface area contributed by atoms with Crippen LogP contribution in [0.15, 0.2) is 40.9 Å². The van der Waals surface area contributed by atoms with E-state index in [9.17, 15) is 14.3 Å². The molecule has 2 aromatic rings. The average molecular weight is 365 g/mol. The van der Waals surface area contributed by atoms with Gasteiger partial charge in [-0.3, -0.25) is 4.79 Å². The molecule has 0 aromatic heterocycles. The largest absolute Gasteiger partial charge is 0.508 e. The number of halogens is 2. The number of phenols is 1. The molecular formula is C16H14BrFN2O2. The van der Waals surface area contributed by atoms with Gasteiger partial charge in [-0.05, 0) is 58.2 Å². The Hall–Kier alpha value is -2.08. The van der Waals surface area contributed by atoms with Gasteiger partial charge in [-0.2, -0.15) is 0 Å². The summed E-state index contributed by atoms with van der Waals surface area (Å²) in [5, 5.41) is 15.6. The molecule has 1 aliphatic heterocycles. The van der Waals surface area contributed by atoms with Gasteiger partial charge >= 0.3 is 0 Å². The Labute approximate surface area is 135 Å². The van der Waals surface area contributed by atoms with Crippen LogP contribution in [0, 0.1) is 5.82 Å². The highest BCUT2D eigenvalue weighted by molar-refractivity contribution is 9.10. The topological polar surface area (TPSA) is 61.4 Å². The molecule has 22 heavy (non-hydrogen) atoms. The summed E-state index contributed by atoms with van der Waals surface area (Å²) in [6.45, 7) is 0.655. The summed E-state index contributed by atoms with van der Waals surface area (Å²) in [7, 11) is 0. The number of aromatic hydroxyl groups is 1. The SMILES string of the molecule is O=C(NC1CCNc2cc(F)ccc21)c1cc(O)ccc1Br. The number of carbonyl (C=O) groups excluding carboxylic acids is 1. The normalized spacial score (nSPS) is 16.5. The summed E-state index contributed by atoms with van der Waals surface area (Å²) >= 11 is 3.30. The predicted octanol–water partition coefficient (Wildman–Crippen LogP) is 3.58. The van der Waals surface area contributed by atoms with Crippen LogP contribution < -0.4 is 10.6 Å². The van der Waals surface area contributed by atoms with E-state index in [0.717, 1.165) is 5.56 Å². The number of anilines is 1. The van der Waals surface area contributed by atoms with E-state index in [0.29, 0.717) is 28.7 Å². The maximum atomic E-state index is 13.3. The van der Waals surface area contributed by atoms with Crippen molar-refractivity contribution >= 4 is 27.5 Å². The van der Waals surface area contributed by atoms with Gasteiger partial charge in [0, 0.05) is 16.7 Å². The molecule has 3 N–H and O–H groups in total. The van der Waals surface area contributed by atoms with Crippen molar-refractivity contribution in [1.82, 2.24) is 5.32 Å². The van der Waals surface area contributed by atoms with Gasteiger partial charge < -0.3 is 15.7 Å². The monoisotopic (exact) mass is 364 g/mol. The Bertz CT molecular complexity index is 736. The molecule has 0 saturated carbocycles. The second-order valence-corrected chi connectivity index (χ2v) is 5.99. The molecule has 114 valence electrons. The van der Waals surface area contributed by atoms with E-state index in [4.69, 9.17) is 0 Å². The molecule has 1 heterocycles. The van der Waals surface area contributed by atoms with Crippen molar-refractivity contribution in [2.75, 3.05) is 11.9 Å². The number of rotatable bonds is 2. The lowest BCUT2D eigenvalue weighted by Gasteiger charge is -2.27. The third-order valence-electron chi connectivity index (χ3n) is 3.64. The summed E-state index contributed by atoms with van der Waals surface area (Å²) in [5.74, 6) is -0.569. The Kier molecular flexibility index (Phi) is 4.02. The van der Waals surface area contributed by atoms with Crippen molar-refractivity contribution in [3.05, 3.63) is 57.8 Å². The maximum absolute atomic E-state index is 13.3. The van der Waals surface area contributed by atoms with Crippen LogP contribution >= 0.6 is 15.9 Å². The minimum absolute atomic E-state index is 0.0288. The first-order valence-electron chi connectivity index (χ1n) is 6.87. The quantitative estimate of drug-likeness (QED) is 0.763. The highest BCUT2D eigenvalue weighted by atomic mass is 79.9. The zero-order valence-corrected chi connectivity index (χ0v) is 13.2. The minimum atomic E-state index is -0.311. The molecule has 0 radical (unpaired) electrons. The maximum Gasteiger partial charge on any atom is 0.253 e. The molecule has 0 fully saturated rings. The molecule has 1 unspecified atom stereocenters. The lowest BCUT2D eigenvalue weighted by Crippen LogP contribution is -2.33. The van der Waals surface area contributed by atoms with E-state index < -0.39 is 0 Å². The fraction of sp³-hybridized carbons (Fsp3) is 0.188. The number of nitrogens with one attached hydrogen (secondary N) is 2. The van der Waals surface area contributed by atoms with E-state index in [1.54, 1.807) is 12.1 Å². The zero-order valence-electron chi connectivity index (χ0n) is 11.6. The molecule has 1 amide bonds. The van der Waals surface area contributed by atoms with Crippen LogP contribution in [-0.4, -0.2) is 17.6 Å². The first kappa shape index (κ1) is 14.8. The molecule has 0 aliphatic carbocycles. The van der Waals surface area contributed by atoms with Crippen LogP contribution in [0.25, 0.3) is 0 Å². The summed E-state index contributed by atoms with van der Waals surface area (Å²) < 4.78 is 13.9. The van der Waals surface area contributed by atoms with Gasteiger partial charge in [0.25, 0.3) is 5.91 Å². The lowest BCUT2D eigenvalue weighted by molar-refractivity contribution is 0.0933. The number of benzene rings is 2. The Morgan fingerprint density at radius 3 is 2.95 bits per heavy atom. The molecule has 2 aromatic carbocycles. The second kappa shape index (κ2) is 5.96. The first-order chi connectivity index (χ1) is 10.5. The van der Waals surface area contributed by atoms with Gasteiger partial charge in [-0.15, -0.1) is 0 Å². The number of carbonyl (C=O) groups is 1. The van der Waals surface area contributed by atoms with Crippen molar-refractivity contribution in [3.63, 3.8) is 0 Å². The van der Waals surface area contributed by atoms with E-state index in [-0.39, 0.29) is 23.5 Å². The van der Waals surface area contributed by atoms with E-state index >= 15 is 0 Å². The highest BCUT2D eigenvalue weighted by Crippen LogP contribution is 2.31. The van der Waals surface area contributed by atoms with Crippen LogP contribution in [0.5, 0.6) is 5.75 Å². The Balaban J connectivity index is 1.85. The van der Waals surface area contributed by atoms with Gasteiger partial charge in [0.05, 0.1) is 11.6 Å². The van der Waals surface area contributed by atoms with Gasteiger partial charge in [0.2, 0.25) is 0 Å². The molecule has 1 aliphatic rings. The average Bonchev–Trinajstić information content (AvgIpc) is 2.49. The van der Waals surface area contributed by atoms with Crippen LogP contribution in [-0.2, 0) is 0 Å². The standard InChI is InChI=1S/C16H14BrFN2O2/c17-13-4-2-10(21)8-12(13)16(22)20-14-5-6-19-15-7-9(18)1-3-11(14)15/h1-4,7-8,14,19,21H,5-6H2,(H,20,22). The molecule has 1 atom stereocenters. The summed E-state index contributed by atoms with van der Waals surface area (Å²) in [4.78, 5) is 12.4. The number of hydrogen-bond acceptors (Lipinski definition) is 3. The predicted molar refractivity (Wildman–Crippen MR) is 85.5 cm³/mol. The highest BCUT2D eigenvalue weighted by Gasteiger charge is 2.23. The molecule has 4 nitrogen and oxygen atoms in total. The molecule has 3 rings (SSSR count). The van der Waals surface area contributed by atoms with E-state index in [2.05, 4.69) is 26.6 Å². The van der Waals surface area contributed by atoms with Crippen LogP contribution in [0.2, 0.25) is 0 Å². The molecular weight excluding hydrogens is 351 g/mol. The van der Waals surface area contributed by atoms with E-state index in [1.807, 2.05) is 0 Å². The summed E-state index contributed by atoms with van der Waals surface area (Å²) in [6, 6.07) is 8.83. The van der Waals surface area contributed by atoms with Crippen LogP contribution in [0.3, 0.4) is 0 Å². The van der Waals surface area contributed by atoms with Crippen molar-refractivity contribution in [1.29, 1.82) is 0 Å². The van der Waals surface area contributed by atoms with Crippen molar-refractivity contribution in [2.24, 2.45) is 0 Å². The second-order valence-electron chi connectivity index (χ2n) is 5.14. The summed E-state index contributed by atoms with van der Waals surface area (Å²) in [5.41, 5.74) is 1.92. The number of fused-ring (bicyclic) bond motifs is 1. The third kappa shape index (κ3) is 2.92. The van der Waals surface area contributed by atoms with Crippen molar-refractivity contribution in [3.8, 4) is 5.75 Å². The van der Waals surface area contributed by atoms with Gasteiger partial charge in [-0.25, -0.2) is 4.39 Å². The fourth-order valence-corrected chi connectivity index (χ4v) is 2.99.